The largest absolute Gasteiger partial charge is 0.478 e. The monoisotopic (exact) mass is 293 g/mol. The van der Waals surface area contributed by atoms with Crippen molar-refractivity contribution in [3.8, 4) is 0 Å². The van der Waals surface area contributed by atoms with Crippen LogP contribution in [-0.4, -0.2) is 16.1 Å². The van der Waals surface area contributed by atoms with Gasteiger partial charge in [-0.05, 0) is 34.7 Å². The van der Waals surface area contributed by atoms with Crippen LogP contribution >= 0.6 is 22.6 Å². The highest BCUT2D eigenvalue weighted by atomic mass is 127. The van der Waals surface area contributed by atoms with Crippen molar-refractivity contribution in [2.24, 2.45) is 0 Å². The zero-order valence-corrected chi connectivity index (χ0v) is 8.53. The number of hydrogen-bond acceptors (Lipinski definition) is 2. The van der Waals surface area contributed by atoms with Crippen molar-refractivity contribution in [2.45, 2.75) is 0 Å². The van der Waals surface area contributed by atoms with Gasteiger partial charge >= 0.3 is 5.97 Å². The minimum absolute atomic E-state index is 0.433. The number of hydrogen-bond donors (Lipinski definition) is 1. The van der Waals surface area contributed by atoms with Gasteiger partial charge in [-0.25, -0.2) is 9.18 Å². The number of aromatic nitrogens is 1. The molecule has 0 aliphatic heterocycles. The van der Waals surface area contributed by atoms with E-state index in [2.05, 4.69) is 4.98 Å². The van der Waals surface area contributed by atoms with Crippen LogP contribution in [0.15, 0.2) is 18.3 Å². The minimum atomic E-state index is -1.05. The molecule has 0 aromatic carbocycles. The van der Waals surface area contributed by atoms with Crippen LogP contribution < -0.4 is 0 Å². The topological polar surface area (TPSA) is 50.2 Å². The molecule has 0 saturated carbocycles. The Morgan fingerprint density at radius 3 is 2.92 bits per heavy atom. The molecule has 0 unspecified atom stereocenters. The Balaban J connectivity index is 2.96. The summed E-state index contributed by atoms with van der Waals surface area (Å²) in [5.74, 6) is -1.49. The minimum Gasteiger partial charge on any atom is -0.478 e. The van der Waals surface area contributed by atoms with Gasteiger partial charge in [0.05, 0.1) is 11.9 Å². The van der Waals surface area contributed by atoms with Gasteiger partial charge in [0.15, 0.2) is 0 Å². The van der Waals surface area contributed by atoms with E-state index in [1.807, 2.05) is 22.6 Å². The summed E-state index contributed by atoms with van der Waals surface area (Å²) in [5, 5.41) is 8.33. The van der Waals surface area contributed by atoms with Crippen LogP contribution in [0.1, 0.15) is 5.69 Å². The number of carboxylic acids is 1. The second kappa shape index (κ2) is 4.31. The molecule has 0 amide bonds. The van der Waals surface area contributed by atoms with E-state index in [9.17, 15) is 9.18 Å². The zero-order chi connectivity index (χ0) is 9.84. The van der Waals surface area contributed by atoms with Crippen molar-refractivity contribution in [3.05, 3.63) is 33.4 Å². The smallest absolute Gasteiger partial charge is 0.328 e. The van der Waals surface area contributed by atoms with Gasteiger partial charge in [0, 0.05) is 9.65 Å². The second-order valence-electron chi connectivity index (χ2n) is 2.19. The molecule has 0 saturated heterocycles. The first-order chi connectivity index (χ1) is 6.09. The van der Waals surface area contributed by atoms with Crippen molar-refractivity contribution in [1.82, 2.24) is 4.98 Å². The van der Waals surface area contributed by atoms with E-state index in [1.165, 1.54) is 12.1 Å². The summed E-state index contributed by atoms with van der Waals surface area (Å²) < 4.78 is 13.1. The first kappa shape index (κ1) is 10.1. The maximum absolute atomic E-state index is 12.5. The highest BCUT2D eigenvalue weighted by Gasteiger charge is 1.99. The molecule has 0 bridgehead atoms. The molecule has 0 aliphatic rings. The number of nitrogens with zero attached hydrogens (tertiary/aromatic N) is 1. The number of carboxylic acid groups (broad SMARTS) is 1. The molecule has 0 aliphatic carbocycles. The third-order valence-corrected chi connectivity index (χ3v) is 2.08. The maximum atomic E-state index is 12.5. The number of rotatable bonds is 2. The third-order valence-electron chi connectivity index (χ3n) is 1.22. The van der Waals surface area contributed by atoms with E-state index in [-0.39, 0.29) is 0 Å². The van der Waals surface area contributed by atoms with Gasteiger partial charge in [-0.1, -0.05) is 0 Å². The van der Waals surface area contributed by atoms with Gasteiger partial charge in [-0.15, -0.1) is 0 Å². The molecule has 1 aromatic heterocycles. The quantitative estimate of drug-likeness (QED) is 0.669. The van der Waals surface area contributed by atoms with Crippen LogP contribution in [0.2, 0.25) is 0 Å². The molecule has 68 valence electrons. The number of carbonyl (C=O) groups is 1. The Morgan fingerprint density at radius 2 is 2.38 bits per heavy atom. The fourth-order valence-corrected chi connectivity index (χ4v) is 1.31. The Hall–Kier alpha value is -0.980. The third kappa shape index (κ3) is 3.10. The van der Waals surface area contributed by atoms with Crippen molar-refractivity contribution in [2.75, 3.05) is 0 Å². The Morgan fingerprint density at radius 1 is 1.69 bits per heavy atom. The van der Waals surface area contributed by atoms with Crippen LogP contribution in [0, 0.1) is 9.39 Å². The Bertz CT molecular complexity index is 365. The first-order valence-corrected chi connectivity index (χ1v) is 4.39. The molecule has 0 radical (unpaired) electrons. The van der Waals surface area contributed by atoms with Gasteiger partial charge in [0.1, 0.15) is 5.82 Å². The molecule has 0 spiro atoms. The van der Waals surface area contributed by atoms with E-state index in [4.69, 9.17) is 5.11 Å². The predicted molar refractivity (Wildman–Crippen MR) is 53.6 cm³/mol. The van der Waals surface area contributed by atoms with Crippen LogP contribution in [0.4, 0.5) is 4.39 Å². The molecule has 3 nitrogen and oxygen atoms in total. The van der Waals surface area contributed by atoms with Crippen molar-refractivity contribution in [1.29, 1.82) is 0 Å². The lowest BCUT2D eigenvalue weighted by molar-refractivity contribution is -0.131. The van der Waals surface area contributed by atoms with E-state index in [1.54, 1.807) is 0 Å². The molecule has 13 heavy (non-hydrogen) atoms. The Kier molecular flexibility index (Phi) is 3.35. The average molecular weight is 293 g/mol. The van der Waals surface area contributed by atoms with Gasteiger partial charge in [-0.3, -0.25) is 4.98 Å². The van der Waals surface area contributed by atoms with Crippen molar-refractivity contribution >= 4 is 34.6 Å². The SMILES string of the molecule is O=C(O)/C=C/c1ncc(F)cc1I. The predicted octanol–water partition coefficient (Wildman–Crippen LogP) is 1.92. The zero-order valence-electron chi connectivity index (χ0n) is 6.37. The molecule has 1 heterocycles. The van der Waals surface area contributed by atoms with Gasteiger partial charge in [-0.2, -0.15) is 0 Å². The summed E-state index contributed by atoms with van der Waals surface area (Å²) in [5.41, 5.74) is 0.449. The number of halogens is 2. The number of pyridine rings is 1. The lowest BCUT2D eigenvalue weighted by Crippen LogP contribution is -1.90. The average Bonchev–Trinajstić information content (AvgIpc) is 2.02. The second-order valence-corrected chi connectivity index (χ2v) is 3.35. The lowest BCUT2D eigenvalue weighted by atomic mass is 10.3. The lowest BCUT2D eigenvalue weighted by Gasteiger charge is -1.95. The number of aliphatic carboxylic acids is 1. The molecular formula is C8H5FINO2. The summed E-state index contributed by atoms with van der Waals surface area (Å²) in [6.45, 7) is 0. The highest BCUT2D eigenvalue weighted by Crippen LogP contribution is 2.12. The van der Waals surface area contributed by atoms with Crippen LogP contribution in [0.3, 0.4) is 0 Å². The van der Waals surface area contributed by atoms with Crippen molar-refractivity contribution in [3.63, 3.8) is 0 Å². The van der Waals surface area contributed by atoms with Crippen LogP contribution in [0.25, 0.3) is 6.08 Å². The van der Waals surface area contributed by atoms with E-state index >= 15 is 0 Å². The standard InChI is InChI=1S/C8H5FINO2/c9-5-3-6(10)7(11-4-5)1-2-8(12)13/h1-4H,(H,12,13)/b2-1+. The molecule has 1 N–H and O–H groups in total. The first-order valence-electron chi connectivity index (χ1n) is 3.31. The molecule has 5 heteroatoms. The summed E-state index contributed by atoms with van der Waals surface area (Å²) in [6.07, 6.45) is 3.33. The highest BCUT2D eigenvalue weighted by molar-refractivity contribution is 14.1. The maximum Gasteiger partial charge on any atom is 0.328 e. The fourth-order valence-electron chi connectivity index (χ4n) is 0.698. The van der Waals surface area contributed by atoms with Crippen LogP contribution in [-0.2, 0) is 4.79 Å². The molecular weight excluding hydrogens is 288 g/mol. The fraction of sp³-hybridized carbons (Fsp3) is 0. The molecule has 1 aromatic rings. The molecule has 0 fully saturated rings. The Labute approximate surface area is 87.4 Å². The van der Waals surface area contributed by atoms with Gasteiger partial charge in [0.25, 0.3) is 0 Å². The summed E-state index contributed by atoms with van der Waals surface area (Å²) >= 11 is 1.89. The van der Waals surface area contributed by atoms with Gasteiger partial charge in [0.2, 0.25) is 0 Å². The molecule has 0 atom stereocenters. The van der Waals surface area contributed by atoms with Crippen LogP contribution in [0.5, 0.6) is 0 Å². The van der Waals surface area contributed by atoms with E-state index in [0.717, 1.165) is 12.3 Å². The van der Waals surface area contributed by atoms with Crippen molar-refractivity contribution < 1.29 is 14.3 Å². The van der Waals surface area contributed by atoms with E-state index in [0.29, 0.717) is 9.26 Å². The summed E-state index contributed by atoms with van der Waals surface area (Å²) in [6, 6.07) is 1.29. The summed E-state index contributed by atoms with van der Waals surface area (Å²) in [7, 11) is 0. The van der Waals surface area contributed by atoms with Gasteiger partial charge < -0.3 is 5.11 Å². The molecule has 1 rings (SSSR count). The normalized spacial score (nSPS) is 10.6. The summed E-state index contributed by atoms with van der Waals surface area (Å²) in [4.78, 5) is 13.9. The van der Waals surface area contributed by atoms with E-state index < -0.39 is 11.8 Å².